The van der Waals surface area contributed by atoms with E-state index >= 15 is 0 Å². The van der Waals surface area contributed by atoms with Gasteiger partial charge in [0.05, 0.1) is 5.60 Å². The molecule has 8 heteroatoms. The summed E-state index contributed by atoms with van der Waals surface area (Å²) in [5.41, 5.74) is 0.739. The van der Waals surface area contributed by atoms with Crippen molar-refractivity contribution in [3.63, 3.8) is 0 Å². The predicted molar refractivity (Wildman–Crippen MR) is 80.7 cm³/mol. The first-order valence-electron chi connectivity index (χ1n) is 7.76. The van der Waals surface area contributed by atoms with Crippen LogP contribution in [0.5, 0.6) is 0 Å². The van der Waals surface area contributed by atoms with Gasteiger partial charge in [-0.15, -0.1) is 0 Å². The molecule has 1 saturated carbocycles. The molecule has 8 nitrogen and oxygen atoms in total. The van der Waals surface area contributed by atoms with Gasteiger partial charge in [-0.2, -0.15) is 0 Å². The maximum absolute atomic E-state index is 5.77. The second-order valence-corrected chi connectivity index (χ2v) is 6.69. The Morgan fingerprint density at radius 3 is 2.18 bits per heavy atom. The van der Waals surface area contributed by atoms with Crippen LogP contribution in [0, 0.1) is 0 Å². The summed E-state index contributed by atoms with van der Waals surface area (Å²) in [7, 11) is 0. The normalized spacial score (nSPS) is 24.4. The Bertz CT molecular complexity index is 681. The van der Waals surface area contributed by atoms with Gasteiger partial charge in [-0.25, -0.2) is 14.6 Å². The van der Waals surface area contributed by atoms with Crippen LogP contribution in [0.3, 0.4) is 0 Å². The first-order chi connectivity index (χ1) is 10.6. The van der Waals surface area contributed by atoms with Crippen LogP contribution in [-0.4, -0.2) is 44.6 Å². The molecule has 0 radical (unpaired) electrons. The van der Waals surface area contributed by atoms with Crippen LogP contribution < -0.4 is 10.6 Å². The molecule has 1 aliphatic carbocycles. The highest BCUT2D eigenvalue weighted by molar-refractivity contribution is 5.73. The SMILES string of the molecule is CC1(C)C[C@@H](Nc2nc3nonc3nc2NC2CC2)CCO1. The average molecular weight is 304 g/mol. The molecule has 2 fully saturated rings. The van der Waals surface area contributed by atoms with E-state index in [0.29, 0.717) is 23.4 Å². The lowest BCUT2D eigenvalue weighted by Crippen LogP contribution is -2.40. The lowest BCUT2D eigenvalue weighted by molar-refractivity contribution is -0.0553. The van der Waals surface area contributed by atoms with Crippen molar-refractivity contribution in [3.8, 4) is 0 Å². The van der Waals surface area contributed by atoms with Crippen molar-refractivity contribution in [2.24, 2.45) is 0 Å². The van der Waals surface area contributed by atoms with E-state index in [2.05, 4.69) is 44.8 Å². The van der Waals surface area contributed by atoms with Gasteiger partial charge >= 0.3 is 0 Å². The van der Waals surface area contributed by atoms with Crippen molar-refractivity contribution in [2.45, 2.75) is 57.2 Å². The zero-order valence-corrected chi connectivity index (χ0v) is 12.8. The molecule has 0 aromatic carbocycles. The molecule has 2 aliphatic rings. The Labute approximate surface area is 128 Å². The molecule has 22 heavy (non-hydrogen) atoms. The van der Waals surface area contributed by atoms with Crippen molar-refractivity contribution in [1.82, 2.24) is 20.3 Å². The van der Waals surface area contributed by atoms with Crippen LogP contribution in [-0.2, 0) is 4.74 Å². The van der Waals surface area contributed by atoms with Crippen molar-refractivity contribution >= 4 is 22.9 Å². The zero-order valence-electron chi connectivity index (χ0n) is 12.8. The number of fused-ring (bicyclic) bond motifs is 1. The molecule has 118 valence electrons. The molecule has 0 amide bonds. The minimum atomic E-state index is -0.118. The second-order valence-electron chi connectivity index (χ2n) is 6.69. The van der Waals surface area contributed by atoms with Gasteiger partial charge in [-0.1, -0.05) is 0 Å². The Kier molecular flexibility index (Phi) is 3.14. The van der Waals surface area contributed by atoms with Crippen LogP contribution in [0.15, 0.2) is 4.63 Å². The van der Waals surface area contributed by atoms with Gasteiger partial charge in [-0.3, -0.25) is 0 Å². The van der Waals surface area contributed by atoms with Gasteiger partial charge in [0.2, 0.25) is 11.3 Å². The third kappa shape index (κ3) is 2.83. The van der Waals surface area contributed by atoms with E-state index in [1.165, 1.54) is 12.8 Å². The van der Waals surface area contributed by atoms with Crippen LogP contribution in [0.25, 0.3) is 11.3 Å². The van der Waals surface area contributed by atoms with Gasteiger partial charge in [0.1, 0.15) is 0 Å². The molecule has 0 bridgehead atoms. The third-order valence-electron chi connectivity index (χ3n) is 4.07. The smallest absolute Gasteiger partial charge is 0.245 e. The van der Waals surface area contributed by atoms with E-state index in [1.54, 1.807) is 0 Å². The summed E-state index contributed by atoms with van der Waals surface area (Å²) in [6, 6.07) is 0.786. The molecule has 1 atom stereocenters. The van der Waals surface area contributed by atoms with Gasteiger partial charge < -0.3 is 15.4 Å². The number of hydrogen-bond acceptors (Lipinski definition) is 8. The summed E-state index contributed by atoms with van der Waals surface area (Å²) in [4.78, 5) is 9.00. The maximum Gasteiger partial charge on any atom is 0.245 e. The van der Waals surface area contributed by atoms with Crippen molar-refractivity contribution < 1.29 is 9.37 Å². The fourth-order valence-electron chi connectivity index (χ4n) is 2.81. The maximum atomic E-state index is 5.77. The molecule has 3 heterocycles. The topological polar surface area (TPSA) is 98.0 Å². The van der Waals surface area contributed by atoms with Gasteiger partial charge in [0, 0.05) is 18.7 Å². The molecule has 2 N–H and O–H groups in total. The zero-order chi connectivity index (χ0) is 15.2. The Hall–Kier alpha value is -1.96. The molecular formula is C14H20N6O2. The summed E-state index contributed by atoms with van der Waals surface area (Å²) >= 11 is 0. The third-order valence-corrected chi connectivity index (χ3v) is 4.07. The molecule has 0 unspecified atom stereocenters. The summed E-state index contributed by atoms with van der Waals surface area (Å²) in [5, 5.41) is 14.4. The van der Waals surface area contributed by atoms with Crippen molar-refractivity contribution in [1.29, 1.82) is 0 Å². The van der Waals surface area contributed by atoms with Crippen LogP contribution in [0.4, 0.5) is 11.6 Å². The van der Waals surface area contributed by atoms with Crippen LogP contribution in [0.1, 0.15) is 39.5 Å². The monoisotopic (exact) mass is 304 g/mol. The number of rotatable bonds is 4. The van der Waals surface area contributed by atoms with Gasteiger partial charge in [0.15, 0.2) is 11.6 Å². The first kappa shape index (κ1) is 13.7. The highest BCUT2D eigenvalue weighted by Gasteiger charge is 2.30. The Morgan fingerprint density at radius 2 is 1.59 bits per heavy atom. The molecule has 1 saturated heterocycles. The van der Waals surface area contributed by atoms with Gasteiger partial charge in [0.25, 0.3) is 0 Å². The predicted octanol–water partition coefficient (Wildman–Crippen LogP) is 1.96. The summed E-state index contributed by atoms with van der Waals surface area (Å²) in [6.07, 6.45) is 4.21. The Morgan fingerprint density at radius 1 is 0.955 bits per heavy atom. The van der Waals surface area contributed by atoms with E-state index in [4.69, 9.17) is 9.37 Å². The molecule has 0 spiro atoms. The van der Waals surface area contributed by atoms with Crippen molar-refractivity contribution in [3.05, 3.63) is 0 Å². The number of anilines is 2. The highest BCUT2D eigenvalue weighted by Crippen LogP contribution is 2.31. The fraction of sp³-hybridized carbons (Fsp3) is 0.714. The minimum Gasteiger partial charge on any atom is -0.375 e. The van der Waals surface area contributed by atoms with Crippen LogP contribution >= 0.6 is 0 Å². The fourth-order valence-corrected chi connectivity index (χ4v) is 2.81. The Balaban J connectivity index is 1.60. The van der Waals surface area contributed by atoms with E-state index in [0.717, 1.165) is 31.1 Å². The standard InChI is InChI=1S/C14H20N6O2/c1-14(2)7-9(5-6-21-14)16-11-10(15-8-3-4-8)17-12-13(18-11)20-22-19-12/h8-9H,3-7H2,1-2H3,(H,15,17,19)(H,16,18,20)/t9-/m0/s1. The largest absolute Gasteiger partial charge is 0.375 e. The quantitative estimate of drug-likeness (QED) is 0.884. The number of aromatic nitrogens is 4. The summed E-state index contributed by atoms with van der Waals surface area (Å²) in [5.74, 6) is 1.45. The minimum absolute atomic E-state index is 0.118. The van der Waals surface area contributed by atoms with Crippen LogP contribution in [0.2, 0.25) is 0 Å². The van der Waals surface area contributed by atoms with Gasteiger partial charge in [-0.05, 0) is 49.8 Å². The summed E-state index contributed by atoms with van der Waals surface area (Å²) < 4.78 is 10.5. The average Bonchev–Trinajstić information content (AvgIpc) is 3.14. The first-order valence-corrected chi connectivity index (χ1v) is 7.76. The highest BCUT2D eigenvalue weighted by atomic mass is 16.6. The second kappa shape index (κ2) is 5.05. The number of hydrogen-bond donors (Lipinski definition) is 2. The molecule has 4 rings (SSSR count). The molecule has 1 aliphatic heterocycles. The molecular weight excluding hydrogens is 284 g/mol. The molecule has 2 aromatic rings. The van der Waals surface area contributed by atoms with E-state index in [1.807, 2.05) is 0 Å². The van der Waals surface area contributed by atoms with E-state index < -0.39 is 0 Å². The number of nitrogens with one attached hydrogen (secondary N) is 2. The van der Waals surface area contributed by atoms with Crippen molar-refractivity contribution in [2.75, 3.05) is 17.2 Å². The summed E-state index contributed by atoms with van der Waals surface area (Å²) in [6.45, 7) is 4.97. The van der Waals surface area contributed by atoms with E-state index in [9.17, 15) is 0 Å². The number of ether oxygens (including phenoxy) is 1. The lowest BCUT2D eigenvalue weighted by atomic mass is 9.94. The lowest BCUT2D eigenvalue weighted by Gasteiger charge is -2.36. The number of nitrogens with zero attached hydrogens (tertiary/aromatic N) is 4. The van der Waals surface area contributed by atoms with E-state index in [-0.39, 0.29) is 5.60 Å². The molecule has 2 aromatic heterocycles.